The van der Waals surface area contributed by atoms with Crippen LogP contribution in [0.4, 0.5) is 0 Å². The van der Waals surface area contributed by atoms with Crippen LogP contribution in [-0.2, 0) is 11.3 Å². The molecule has 1 aliphatic rings. The van der Waals surface area contributed by atoms with Crippen LogP contribution in [0.25, 0.3) is 6.08 Å². The Bertz CT molecular complexity index is 490. The Morgan fingerprint density at radius 2 is 2.10 bits per heavy atom. The Balaban J connectivity index is 2.11. The molecule has 1 aromatic carbocycles. The number of rotatable bonds is 7. The molecular weight excluding hydrogens is 250 g/mol. The van der Waals surface area contributed by atoms with Gasteiger partial charge in [0.25, 0.3) is 0 Å². The Morgan fingerprint density at radius 3 is 2.70 bits per heavy atom. The molecule has 0 spiro atoms. The molecule has 3 nitrogen and oxygen atoms in total. The molecule has 0 heterocycles. The average molecular weight is 273 g/mol. The SMILES string of the molecule is CC(C)N(Cc1ccccc1C=CC(=O)O)CC1CC1. The molecule has 3 heteroatoms. The lowest BCUT2D eigenvalue weighted by atomic mass is 10.1. The van der Waals surface area contributed by atoms with Gasteiger partial charge in [0, 0.05) is 25.2 Å². The van der Waals surface area contributed by atoms with Crippen LogP contribution in [0.5, 0.6) is 0 Å². The molecule has 2 rings (SSSR count). The maximum atomic E-state index is 10.7. The van der Waals surface area contributed by atoms with E-state index in [1.54, 1.807) is 6.08 Å². The van der Waals surface area contributed by atoms with Gasteiger partial charge in [0.2, 0.25) is 0 Å². The van der Waals surface area contributed by atoms with Gasteiger partial charge in [-0.25, -0.2) is 4.79 Å². The summed E-state index contributed by atoms with van der Waals surface area (Å²) in [5, 5.41) is 8.77. The third kappa shape index (κ3) is 4.49. The van der Waals surface area contributed by atoms with E-state index in [1.807, 2.05) is 18.2 Å². The number of carboxylic acids is 1. The maximum Gasteiger partial charge on any atom is 0.328 e. The van der Waals surface area contributed by atoms with E-state index in [0.29, 0.717) is 6.04 Å². The summed E-state index contributed by atoms with van der Waals surface area (Å²) in [4.78, 5) is 13.1. The van der Waals surface area contributed by atoms with Gasteiger partial charge in [0.05, 0.1) is 0 Å². The van der Waals surface area contributed by atoms with Crippen molar-refractivity contribution >= 4 is 12.0 Å². The van der Waals surface area contributed by atoms with Crippen molar-refractivity contribution in [2.75, 3.05) is 6.54 Å². The lowest BCUT2D eigenvalue weighted by Crippen LogP contribution is -2.32. The number of carboxylic acid groups (broad SMARTS) is 1. The second-order valence-corrected chi connectivity index (χ2v) is 5.84. The summed E-state index contributed by atoms with van der Waals surface area (Å²) in [5.41, 5.74) is 2.19. The lowest BCUT2D eigenvalue weighted by molar-refractivity contribution is -0.131. The van der Waals surface area contributed by atoms with Crippen molar-refractivity contribution in [1.82, 2.24) is 4.90 Å². The topological polar surface area (TPSA) is 40.5 Å². The molecule has 1 saturated carbocycles. The quantitative estimate of drug-likeness (QED) is 0.774. The zero-order chi connectivity index (χ0) is 14.5. The van der Waals surface area contributed by atoms with Crippen LogP contribution in [-0.4, -0.2) is 28.6 Å². The third-order valence-electron chi connectivity index (χ3n) is 3.75. The van der Waals surface area contributed by atoms with Gasteiger partial charge in [0.1, 0.15) is 0 Å². The molecule has 0 bridgehead atoms. The van der Waals surface area contributed by atoms with Crippen LogP contribution in [0.1, 0.15) is 37.8 Å². The van der Waals surface area contributed by atoms with E-state index >= 15 is 0 Å². The number of hydrogen-bond donors (Lipinski definition) is 1. The average Bonchev–Trinajstić information content (AvgIpc) is 3.20. The molecule has 1 aliphatic carbocycles. The summed E-state index contributed by atoms with van der Waals surface area (Å²) in [6, 6.07) is 8.54. The summed E-state index contributed by atoms with van der Waals surface area (Å²) in [6.45, 7) is 6.47. The minimum atomic E-state index is -0.904. The van der Waals surface area contributed by atoms with Gasteiger partial charge in [0.15, 0.2) is 0 Å². The minimum absolute atomic E-state index is 0.507. The fraction of sp³-hybridized carbons (Fsp3) is 0.471. The van der Waals surface area contributed by atoms with Crippen molar-refractivity contribution in [1.29, 1.82) is 0 Å². The smallest absolute Gasteiger partial charge is 0.328 e. The van der Waals surface area contributed by atoms with Crippen molar-refractivity contribution < 1.29 is 9.90 Å². The first-order chi connectivity index (χ1) is 9.56. The largest absolute Gasteiger partial charge is 0.478 e. The van der Waals surface area contributed by atoms with Crippen molar-refractivity contribution in [2.45, 2.75) is 39.3 Å². The first-order valence-corrected chi connectivity index (χ1v) is 7.29. The van der Waals surface area contributed by atoms with Crippen LogP contribution < -0.4 is 0 Å². The van der Waals surface area contributed by atoms with Crippen molar-refractivity contribution in [3.63, 3.8) is 0 Å². The normalized spacial score (nSPS) is 15.4. The van der Waals surface area contributed by atoms with E-state index < -0.39 is 5.97 Å². The second-order valence-electron chi connectivity index (χ2n) is 5.84. The van der Waals surface area contributed by atoms with E-state index in [-0.39, 0.29) is 0 Å². The van der Waals surface area contributed by atoms with E-state index in [1.165, 1.54) is 24.5 Å². The van der Waals surface area contributed by atoms with Gasteiger partial charge < -0.3 is 5.11 Å². The first-order valence-electron chi connectivity index (χ1n) is 7.29. The molecule has 1 fully saturated rings. The van der Waals surface area contributed by atoms with Gasteiger partial charge in [-0.3, -0.25) is 4.90 Å². The number of benzene rings is 1. The lowest BCUT2D eigenvalue weighted by Gasteiger charge is -2.27. The van der Waals surface area contributed by atoms with E-state index in [9.17, 15) is 4.79 Å². The Labute approximate surface area is 120 Å². The summed E-state index contributed by atoms with van der Waals surface area (Å²) in [7, 11) is 0. The summed E-state index contributed by atoms with van der Waals surface area (Å²) < 4.78 is 0. The van der Waals surface area contributed by atoms with Crippen molar-refractivity contribution in [3.05, 3.63) is 41.5 Å². The van der Waals surface area contributed by atoms with Crippen LogP contribution in [0.3, 0.4) is 0 Å². The predicted octanol–water partition coefficient (Wildman–Crippen LogP) is 3.40. The second kappa shape index (κ2) is 6.71. The highest BCUT2D eigenvalue weighted by atomic mass is 16.4. The summed E-state index contributed by atoms with van der Waals surface area (Å²) >= 11 is 0. The van der Waals surface area contributed by atoms with E-state index in [0.717, 1.165) is 24.6 Å². The Morgan fingerprint density at radius 1 is 1.40 bits per heavy atom. The number of nitrogens with zero attached hydrogens (tertiary/aromatic N) is 1. The molecule has 0 saturated heterocycles. The standard InChI is InChI=1S/C17H23NO2/c1-13(2)18(11-14-7-8-14)12-16-6-4-3-5-15(16)9-10-17(19)20/h3-6,9-10,13-14H,7-8,11-12H2,1-2H3,(H,19,20). The van der Waals surface area contributed by atoms with Gasteiger partial charge in [-0.15, -0.1) is 0 Å². The highest BCUT2D eigenvalue weighted by Gasteiger charge is 2.25. The zero-order valence-electron chi connectivity index (χ0n) is 12.2. The monoisotopic (exact) mass is 273 g/mol. The summed E-state index contributed by atoms with van der Waals surface area (Å²) in [5.74, 6) is -0.0439. The third-order valence-corrected chi connectivity index (χ3v) is 3.75. The van der Waals surface area contributed by atoms with E-state index in [4.69, 9.17) is 5.11 Å². The van der Waals surface area contributed by atoms with Crippen LogP contribution in [0.15, 0.2) is 30.3 Å². The predicted molar refractivity (Wildman–Crippen MR) is 81.4 cm³/mol. The Kier molecular flexibility index (Phi) is 4.96. The Hall–Kier alpha value is -1.61. The van der Waals surface area contributed by atoms with Crippen LogP contribution in [0.2, 0.25) is 0 Å². The molecule has 0 aliphatic heterocycles. The molecule has 0 aromatic heterocycles. The molecule has 1 aromatic rings. The van der Waals surface area contributed by atoms with Crippen molar-refractivity contribution in [2.24, 2.45) is 5.92 Å². The molecule has 0 atom stereocenters. The molecule has 0 unspecified atom stereocenters. The molecule has 1 N–H and O–H groups in total. The van der Waals surface area contributed by atoms with E-state index in [2.05, 4.69) is 24.8 Å². The molecule has 0 amide bonds. The molecule has 20 heavy (non-hydrogen) atoms. The fourth-order valence-corrected chi connectivity index (χ4v) is 2.31. The number of aliphatic carboxylic acids is 1. The first kappa shape index (κ1) is 14.8. The molecular formula is C17H23NO2. The van der Waals surface area contributed by atoms with Crippen LogP contribution >= 0.6 is 0 Å². The van der Waals surface area contributed by atoms with Gasteiger partial charge in [-0.05, 0) is 49.8 Å². The van der Waals surface area contributed by atoms with Crippen LogP contribution in [0, 0.1) is 5.92 Å². The van der Waals surface area contributed by atoms with Gasteiger partial charge >= 0.3 is 5.97 Å². The van der Waals surface area contributed by atoms with Gasteiger partial charge in [-0.2, -0.15) is 0 Å². The van der Waals surface area contributed by atoms with Crippen molar-refractivity contribution in [3.8, 4) is 0 Å². The van der Waals surface area contributed by atoms with Gasteiger partial charge in [-0.1, -0.05) is 24.3 Å². The zero-order valence-corrected chi connectivity index (χ0v) is 12.2. The number of hydrogen-bond acceptors (Lipinski definition) is 2. The summed E-state index contributed by atoms with van der Waals surface area (Å²) in [6.07, 6.45) is 5.60. The number of carbonyl (C=O) groups is 1. The minimum Gasteiger partial charge on any atom is -0.478 e. The highest BCUT2D eigenvalue weighted by molar-refractivity contribution is 5.85. The fourth-order valence-electron chi connectivity index (χ4n) is 2.31. The maximum absolute atomic E-state index is 10.7. The highest BCUT2D eigenvalue weighted by Crippen LogP contribution is 2.31. The molecule has 0 radical (unpaired) electrons. The molecule has 108 valence electrons.